The third kappa shape index (κ3) is 4.39. The first kappa shape index (κ1) is 22.7. The van der Waals surface area contributed by atoms with E-state index in [0.29, 0.717) is 11.3 Å². The third-order valence-electron chi connectivity index (χ3n) is 5.50. The summed E-state index contributed by atoms with van der Waals surface area (Å²) in [5.41, 5.74) is 2.31. The minimum Gasteiger partial charge on any atom is -0.493 e. The molecule has 0 unspecified atom stereocenters. The van der Waals surface area contributed by atoms with Crippen LogP contribution in [-0.2, 0) is 16.4 Å². The summed E-state index contributed by atoms with van der Waals surface area (Å²) in [6.07, 6.45) is 0.232. The molecular weight excluding hydrogens is 488 g/mol. The van der Waals surface area contributed by atoms with Gasteiger partial charge in [-0.25, -0.2) is 23.3 Å². The molecule has 0 radical (unpaired) electrons. The first-order valence-corrected chi connectivity index (χ1v) is 12.7. The first-order valence-electron chi connectivity index (χ1n) is 10.3. The molecule has 0 saturated carbocycles. The summed E-state index contributed by atoms with van der Waals surface area (Å²) in [7, 11) is -3.83. The predicted molar refractivity (Wildman–Crippen MR) is 131 cm³/mol. The van der Waals surface area contributed by atoms with Crippen LogP contribution in [-0.4, -0.2) is 39.4 Å². The molecule has 5 rings (SSSR count). The van der Waals surface area contributed by atoms with Gasteiger partial charge in [-0.1, -0.05) is 48.5 Å². The van der Waals surface area contributed by atoms with Gasteiger partial charge in [-0.15, -0.1) is 11.3 Å². The van der Waals surface area contributed by atoms with Gasteiger partial charge in [0.2, 0.25) is 21.0 Å². The molecule has 0 aliphatic heterocycles. The monoisotopic (exact) mass is 506 g/mol. The van der Waals surface area contributed by atoms with Gasteiger partial charge in [0.05, 0.1) is 4.90 Å². The van der Waals surface area contributed by atoms with Gasteiger partial charge in [0.25, 0.3) is 0 Å². The second-order valence-corrected chi connectivity index (χ2v) is 10.2. The fourth-order valence-electron chi connectivity index (χ4n) is 3.77. The van der Waals surface area contributed by atoms with Gasteiger partial charge < -0.3 is 10.2 Å². The standard InChI is InChI=1S/C24H18N4O5S2/c25-35(32,33)18-9-5-14(6-10-18)11-19-21(17-8-7-15-3-1-2-4-16(15)12-17)27-28(22(19)29)24-26-20(13-34-24)23(30)31/h1-10,12-13,29H,11H2,(H,30,31)(H2,25,32,33). The minimum atomic E-state index is -3.83. The molecule has 2 aromatic heterocycles. The number of nitrogens with zero attached hydrogens (tertiary/aromatic N) is 3. The average Bonchev–Trinajstić information content (AvgIpc) is 3.44. The molecular formula is C24H18N4O5S2. The number of aromatic nitrogens is 3. The molecule has 0 saturated heterocycles. The molecule has 0 fully saturated rings. The van der Waals surface area contributed by atoms with Gasteiger partial charge in [-0.2, -0.15) is 9.78 Å². The number of aromatic hydroxyl groups is 1. The van der Waals surface area contributed by atoms with E-state index in [0.717, 1.165) is 33.2 Å². The molecule has 0 aliphatic rings. The second-order valence-electron chi connectivity index (χ2n) is 7.81. The Balaban J connectivity index is 1.64. The Morgan fingerprint density at radius 3 is 2.40 bits per heavy atom. The summed E-state index contributed by atoms with van der Waals surface area (Å²) >= 11 is 1.04. The zero-order valence-electron chi connectivity index (χ0n) is 18.0. The van der Waals surface area contributed by atoms with Crippen LogP contribution in [0.2, 0.25) is 0 Å². The highest BCUT2D eigenvalue weighted by molar-refractivity contribution is 7.89. The molecule has 0 atom stereocenters. The summed E-state index contributed by atoms with van der Waals surface area (Å²) in [6, 6.07) is 19.7. The topological polar surface area (TPSA) is 148 Å². The second kappa shape index (κ2) is 8.62. The lowest BCUT2D eigenvalue weighted by molar-refractivity contribution is 0.0691. The largest absolute Gasteiger partial charge is 0.493 e. The van der Waals surface area contributed by atoms with E-state index in [2.05, 4.69) is 10.1 Å². The Hall–Kier alpha value is -4.06. The van der Waals surface area contributed by atoms with Crippen molar-refractivity contribution in [3.05, 3.63) is 88.9 Å². The van der Waals surface area contributed by atoms with Gasteiger partial charge in [-0.05, 0) is 34.5 Å². The van der Waals surface area contributed by atoms with Crippen molar-refractivity contribution in [2.45, 2.75) is 11.3 Å². The Kier molecular flexibility index (Phi) is 5.59. The maximum atomic E-state index is 11.6. The van der Waals surface area contributed by atoms with Gasteiger partial charge >= 0.3 is 5.97 Å². The average molecular weight is 507 g/mol. The lowest BCUT2D eigenvalue weighted by atomic mass is 9.99. The van der Waals surface area contributed by atoms with Gasteiger partial charge in [0, 0.05) is 22.9 Å². The number of nitrogens with two attached hydrogens (primary N) is 1. The summed E-state index contributed by atoms with van der Waals surface area (Å²) in [6.45, 7) is 0. The minimum absolute atomic E-state index is 0.0140. The van der Waals surface area contributed by atoms with Crippen LogP contribution in [0, 0.1) is 0 Å². The van der Waals surface area contributed by atoms with Crippen molar-refractivity contribution in [1.82, 2.24) is 14.8 Å². The maximum Gasteiger partial charge on any atom is 0.355 e. The van der Waals surface area contributed by atoms with Crippen molar-refractivity contribution in [3.63, 3.8) is 0 Å². The summed E-state index contributed by atoms with van der Waals surface area (Å²) < 4.78 is 24.4. The third-order valence-corrected chi connectivity index (χ3v) is 7.25. The number of thiazole rings is 1. The van der Waals surface area contributed by atoms with Crippen LogP contribution in [0.1, 0.15) is 21.6 Å². The highest BCUT2D eigenvalue weighted by Crippen LogP contribution is 2.35. The molecule has 0 aliphatic carbocycles. The molecule has 4 N–H and O–H groups in total. The normalized spacial score (nSPS) is 11.7. The number of rotatable bonds is 6. The zero-order valence-corrected chi connectivity index (χ0v) is 19.6. The van der Waals surface area contributed by atoms with Crippen molar-refractivity contribution in [1.29, 1.82) is 0 Å². The number of carbonyl (C=O) groups is 1. The molecule has 35 heavy (non-hydrogen) atoms. The highest BCUT2D eigenvalue weighted by atomic mass is 32.2. The Labute approximate surface area is 203 Å². The number of hydrogen-bond acceptors (Lipinski definition) is 7. The van der Waals surface area contributed by atoms with Crippen LogP contribution in [0.15, 0.2) is 77.0 Å². The van der Waals surface area contributed by atoms with E-state index in [4.69, 9.17) is 5.14 Å². The number of aromatic carboxylic acids is 1. The maximum absolute atomic E-state index is 11.6. The lowest BCUT2D eigenvalue weighted by Crippen LogP contribution is -2.11. The number of carboxylic acids is 1. The lowest BCUT2D eigenvalue weighted by Gasteiger charge is -2.06. The van der Waals surface area contributed by atoms with Crippen molar-refractivity contribution in [2.75, 3.05) is 0 Å². The molecule has 9 nitrogen and oxygen atoms in total. The van der Waals surface area contributed by atoms with Crippen molar-refractivity contribution in [3.8, 4) is 22.3 Å². The number of benzene rings is 3. The van der Waals surface area contributed by atoms with Crippen molar-refractivity contribution in [2.24, 2.45) is 5.14 Å². The molecule has 176 valence electrons. The number of primary sulfonamides is 1. The van der Waals surface area contributed by atoms with E-state index in [-0.39, 0.29) is 28.0 Å². The summed E-state index contributed by atoms with van der Waals surface area (Å²) in [5, 5.41) is 33.8. The van der Waals surface area contributed by atoms with Crippen LogP contribution in [0.5, 0.6) is 5.88 Å². The quantitative estimate of drug-likeness (QED) is 0.317. The molecule has 5 aromatic rings. The summed E-state index contributed by atoms with van der Waals surface area (Å²) in [4.78, 5) is 15.3. The van der Waals surface area contributed by atoms with E-state index in [1.54, 1.807) is 12.1 Å². The van der Waals surface area contributed by atoms with Crippen LogP contribution >= 0.6 is 11.3 Å². The fraction of sp³-hybridized carbons (Fsp3) is 0.0417. The fourth-order valence-corrected chi connectivity index (χ4v) is 5.03. The molecule has 0 bridgehead atoms. The zero-order chi connectivity index (χ0) is 24.7. The Morgan fingerprint density at radius 2 is 1.74 bits per heavy atom. The van der Waals surface area contributed by atoms with E-state index in [1.165, 1.54) is 22.2 Å². The van der Waals surface area contributed by atoms with E-state index >= 15 is 0 Å². The molecule has 3 aromatic carbocycles. The number of carboxylic acid groups (broad SMARTS) is 1. The van der Waals surface area contributed by atoms with E-state index in [9.17, 15) is 23.4 Å². The SMILES string of the molecule is NS(=O)(=O)c1ccc(Cc2c(-c3ccc4ccccc4c3)nn(-c3nc(C(=O)O)cs3)c2O)cc1. The molecule has 2 heterocycles. The molecule has 0 spiro atoms. The molecule has 11 heteroatoms. The first-order chi connectivity index (χ1) is 16.7. The van der Waals surface area contributed by atoms with Crippen LogP contribution in [0.3, 0.4) is 0 Å². The van der Waals surface area contributed by atoms with Crippen molar-refractivity contribution >= 4 is 38.1 Å². The van der Waals surface area contributed by atoms with Crippen LogP contribution in [0.25, 0.3) is 27.2 Å². The number of hydrogen-bond donors (Lipinski definition) is 3. The van der Waals surface area contributed by atoms with Gasteiger partial charge in [0.1, 0.15) is 5.69 Å². The van der Waals surface area contributed by atoms with E-state index in [1.807, 2.05) is 42.5 Å². The van der Waals surface area contributed by atoms with Crippen LogP contribution < -0.4 is 5.14 Å². The Bertz CT molecular complexity index is 1690. The van der Waals surface area contributed by atoms with Gasteiger partial charge in [-0.3, -0.25) is 0 Å². The van der Waals surface area contributed by atoms with Crippen LogP contribution in [0.4, 0.5) is 0 Å². The smallest absolute Gasteiger partial charge is 0.355 e. The molecule has 0 amide bonds. The Morgan fingerprint density at radius 1 is 1.03 bits per heavy atom. The van der Waals surface area contributed by atoms with Gasteiger partial charge in [0.15, 0.2) is 5.69 Å². The highest BCUT2D eigenvalue weighted by Gasteiger charge is 2.23. The predicted octanol–water partition coefficient (Wildman–Crippen LogP) is 3.79. The number of sulfonamides is 1. The number of fused-ring (bicyclic) bond motifs is 1. The van der Waals surface area contributed by atoms with E-state index < -0.39 is 16.0 Å². The summed E-state index contributed by atoms with van der Waals surface area (Å²) in [5.74, 6) is -1.36. The van der Waals surface area contributed by atoms with Crippen molar-refractivity contribution < 1.29 is 23.4 Å².